The SMILES string of the molecule is CC(C)C(N)CNC(=O)c1cc(F)cc(F)c1. The summed E-state index contributed by atoms with van der Waals surface area (Å²) >= 11 is 0. The lowest BCUT2D eigenvalue weighted by Crippen LogP contribution is -2.40. The molecule has 0 saturated carbocycles. The van der Waals surface area contributed by atoms with Crippen molar-refractivity contribution in [2.24, 2.45) is 11.7 Å². The molecule has 1 aromatic carbocycles. The van der Waals surface area contributed by atoms with Gasteiger partial charge in [0.1, 0.15) is 11.6 Å². The fourth-order valence-corrected chi connectivity index (χ4v) is 1.23. The Bertz CT molecular complexity index is 387. The first-order valence-corrected chi connectivity index (χ1v) is 5.40. The fraction of sp³-hybridized carbons (Fsp3) is 0.417. The number of hydrogen-bond acceptors (Lipinski definition) is 2. The van der Waals surface area contributed by atoms with Crippen LogP contribution in [0.2, 0.25) is 0 Å². The van der Waals surface area contributed by atoms with E-state index in [4.69, 9.17) is 5.73 Å². The second-order valence-corrected chi connectivity index (χ2v) is 4.28. The highest BCUT2D eigenvalue weighted by atomic mass is 19.1. The van der Waals surface area contributed by atoms with E-state index in [-0.39, 0.29) is 24.1 Å². The van der Waals surface area contributed by atoms with E-state index in [1.165, 1.54) is 0 Å². The quantitative estimate of drug-likeness (QED) is 0.844. The number of rotatable bonds is 4. The van der Waals surface area contributed by atoms with Crippen LogP contribution in [0, 0.1) is 17.6 Å². The van der Waals surface area contributed by atoms with Crippen LogP contribution >= 0.6 is 0 Å². The minimum absolute atomic E-state index is 0.0431. The zero-order chi connectivity index (χ0) is 13.0. The number of nitrogens with two attached hydrogens (primary N) is 1. The van der Waals surface area contributed by atoms with Crippen LogP contribution in [0.4, 0.5) is 8.78 Å². The Morgan fingerprint density at radius 2 is 1.82 bits per heavy atom. The van der Waals surface area contributed by atoms with Crippen LogP contribution in [-0.2, 0) is 0 Å². The molecule has 1 rings (SSSR count). The van der Waals surface area contributed by atoms with Gasteiger partial charge in [0, 0.05) is 24.2 Å². The Morgan fingerprint density at radius 1 is 1.29 bits per heavy atom. The van der Waals surface area contributed by atoms with E-state index in [0.29, 0.717) is 0 Å². The Kier molecular flexibility index (Phi) is 4.57. The number of amides is 1. The van der Waals surface area contributed by atoms with Crippen molar-refractivity contribution in [3.05, 3.63) is 35.4 Å². The zero-order valence-corrected chi connectivity index (χ0v) is 9.84. The molecule has 3 N–H and O–H groups in total. The standard InChI is InChI=1S/C12H16F2N2O/c1-7(2)11(15)6-16-12(17)8-3-9(13)5-10(14)4-8/h3-5,7,11H,6,15H2,1-2H3,(H,16,17). The number of benzene rings is 1. The highest BCUT2D eigenvalue weighted by Crippen LogP contribution is 2.08. The second kappa shape index (κ2) is 5.72. The molecule has 94 valence electrons. The lowest BCUT2D eigenvalue weighted by Gasteiger charge is -2.16. The molecule has 0 radical (unpaired) electrons. The summed E-state index contributed by atoms with van der Waals surface area (Å²) in [7, 11) is 0. The fourth-order valence-electron chi connectivity index (χ4n) is 1.23. The van der Waals surface area contributed by atoms with Gasteiger partial charge in [-0.3, -0.25) is 4.79 Å². The van der Waals surface area contributed by atoms with Crippen molar-refractivity contribution in [2.75, 3.05) is 6.54 Å². The van der Waals surface area contributed by atoms with Gasteiger partial charge < -0.3 is 11.1 Å². The van der Waals surface area contributed by atoms with Crippen molar-refractivity contribution < 1.29 is 13.6 Å². The average Bonchev–Trinajstić information content (AvgIpc) is 2.23. The first kappa shape index (κ1) is 13.6. The number of carbonyl (C=O) groups is 1. The van der Waals surface area contributed by atoms with E-state index in [1.807, 2.05) is 13.8 Å². The molecule has 5 heteroatoms. The van der Waals surface area contributed by atoms with Gasteiger partial charge in [-0.2, -0.15) is 0 Å². The molecule has 1 aromatic rings. The molecule has 1 unspecified atom stereocenters. The molecule has 0 aromatic heterocycles. The molecule has 0 heterocycles. The summed E-state index contributed by atoms with van der Waals surface area (Å²) in [4.78, 5) is 11.6. The monoisotopic (exact) mass is 242 g/mol. The maximum absolute atomic E-state index is 12.9. The molecular weight excluding hydrogens is 226 g/mol. The number of carbonyl (C=O) groups excluding carboxylic acids is 1. The normalized spacial score (nSPS) is 12.6. The van der Waals surface area contributed by atoms with Gasteiger partial charge in [-0.1, -0.05) is 13.8 Å². The van der Waals surface area contributed by atoms with Gasteiger partial charge in [0.2, 0.25) is 0 Å². The summed E-state index contributed by atoms with van der Waals surface area (Å²) in [6.07, 6.45) is 0. The van der Waals surface area contributed by atoms with Gasteiger partial charge in [-0.05, 0) is 18.1 Å². The minimum atomic E-state index is -0.775. The van der Waals surface area contributed by atoms with E-state index in [2.05, 4.69) is 5.32 Å². The molecule has 17 heavy (non-hydrogen) atoms. The van der Waals surface area contributed by atoms with Crippen molar-refractivity contribution in [3.8, 4) is 0 Å². The van der Waals surface area contributed by atoms with Gasteiger partial charge in [0.15, 0.2) is 0 Å². The molecule has 0 spiro atoms. The van der Waals surface area contributed by atoms with Crippen LogP contribution in [-0.4, -0.2) is 18.5 Å². The molecule has 3 nitrogen and oxygen atoms in total. The van der Waals surface area contributed by atoms with Gasteiger partial charge in [-0.25, -0.2) is 8.78 Å². The van der Waals surface area contributed by atoms with Crippen molar-refractivity contribution in [3.63, 3.8) is 0 Å². The predicted octanol–water partition coefficient (Wildman–Crippen LogP) is 1.68. The third-order valence-electron chi connectivity index (χ3n) is 2.48. The maximum Gasteiger partial charge on any atom is 0.251 e. The second-order valence-electron chi connectivity index (χ2n) is 4.28. The topological polar surface area (TPSA) is 55.1 Å². The van der Waals surface area contributed by atoms with E-state index >= 15 is 0 Å². The third kappa shape index (κ3) is 4.11. The van der Waals surface area contributed by atoms with Gasteiger partial charge >= 0.3 is 0 Å². The Morgan fingerprint density at radius 3 is 2.29 bits per heavy atom. The van der Waals surface area contributed by atoms with Crippen LogP contribution < -0.4 is 11.1 Å². The maximum atomic E-state index is 12.9. The smallest absolute Gasteiger partial charge is 0.251 e. The molecular formula is C12H16F2N2O. The summed E-state index contributed by atoms with van der Waals surface area (Å²) in [5.41, 5.74) is 5.70. The minimum Gasteiger partial charge on any atom is -0.350 e. The summed E-state index contributed by atoms with van der Waals surface area (Å²) in [5, 5.41) is 2.54. The third-order valence-corrected chi connectivity index (χ3v) is 2.48. The Balaban J connectivity index is 2.64. The largest absolute Gasteiger partial charge is 0.350 e. The lowest BCUT2D eigenvalue weighted by atomic mass is 10.1. The molecule has 0 aliphatic heterocycles. The molecule has 0 fully saturated rings. The average molecular weight is 242 g/mol. The van der Waals surface area contributed by atoms with Crippen LogP contribution in [0.15, 0.2) is 18.2 Å². The molecule has 0 bridgehead atoms. The highest BCUT2D eigenvalue weighted by molar-refractivity contribution is 5.94. The molecule has 1 amide bonds. The zero-order valence-electron chi connectivity index (χ0n) is 9.84. The van der Waals surface area contributed by atoms with Gasteiger partial charge in [0.25, 0.3) is 5.91 Å². The lowest BCUT2D eigenvalue weighted by molar-refractivity contribution is 0.0948. The number of halogens is 2. The van der Waals surface area contributed by atoms with Gasteiger partial charge in [0.05, 0.1) is 0 Å². The van der Waals surface area contributed by atoms with Crippen LogP contribution in [0.25, 0.3) is 0 Å². The van der Waals surface area contributed by atoms with Crippen molar-refractivity contribution in [2.45, 2.75) is 19.9 Å². The summed E-state index contributed by atoms with van der Waals surface area (Å²) in [5.74, 6) is -1.86. The first-order chi connectivity index (χ1) is 7.90. The van der Waals surface area contributed by atoms with E-state index < -0.39 is 17.5 Å². The van der Waals surface area contributed by atoms with Crippen LogP contribution in [0.3, 0.4) is 0 Å². The van der Waals surface area contributed by atoms with Crippen LogP contribution in [0.5, 0.6) is 0 Å². The molecule has 1 atom stereocenters. The number of hydrogen-bond donors (Lipinski definition) is 2. The molecule has 0 aliphatic rings. The predicted molar refractivity (Wildman–Crippen MR) is 61.5 cm³/mol. The first-order valence-electron chi connectivity index (χ1n) is 5.40. The highest BCUT2D eigenvalue weighted by Gasteiger charge is 2.12. The van der Waals surface area contributed by atoms with E-state index in [9.17, 15) is 13.6 Å². The summed E-state index contributed by atoms with van der Waals surface area (Å²) < 4.78 is 25.7. The summed E-state index contributed by atoms with van der Waals surface area (Å²) in [6, 6.07) is 2.51. The van der Waals surface area contributed by atoms with E-state index in [1.54, 1.807) is 0 Å². The Labute approximate surface area is 99.0 Å². The van der Waals surface area contributed by atoms with Crippen LogP contribution in [0.1, 0.15) is 24.2 Å². The van der Waals surface area contributed by atoms with E-state index in [0.717, 1.165) is 18.2 Å². The van der Waals surface area contributed by atoms with Gasteiger partial charge in [-0.15, -0.1) is 0 Å². The van der Waals surface area contributed by atoms with Crippen molar-refractivity contribution in [1.82, 2.24) is 5.32 Å². The Hall–Kier alpha value is -1.49. The molecule has 0 aliphatic carbocycles. The van der Waals surface area contributed by atoms with Crippen molar-refractivity contribution >= 4 is 5.91 Å². The summed E-state index contributed by atoms with van der Waals surface area (Å²) in [6.45, 7) is 4.13. The number of nitrogens with one attached hydrogen (secondary N) is 1. The molecule has 0 saturated heterocycles. The van der Waals surface area contributed by atoms with Crippen molar-refractivity contribution in [1.29, 1.82) is 0 Å².